The lowest BCUT2D eigenvalue weighted by molar-refractivity contribution is -0.225. The fourth-order valence-corrected chi connectivity index (χ4v) is 6.50. The highest BCUT2D eigenvalue weighted by atomic mass is 16.5. The summed E-state index contributed by atoms with van der Waals surface area (Å²) >= 11 is 0. The predicted molar refractivity (Wildman–Crippen MR) is 83.6 cm³/mol. The number of carbonyl (C=O) groups is 2. The molecule has 4 aliphatic rings. The third kappa shape index (κ3) is 2.05. The molecule has 0 aromatic rings. The normalized spacial score (nSPS) is 49.4. The Balaban J connectivity index is 1.79. The number of Topliss-reactive ketones (excluding diaryl/α,β-unsaturated/α-hetero) is 1. The van der Waals surface area contributed by atoms with Crippen LogP contribution in [0.4, 0.5) is 0 Å². The molecule has 1 N–H and O–H groups in total. The zero-order valence-electron chi connectivity index (χ0n) is 14.0. The van der Waals surface area contributed by atoms with Crippen molar-refractivity contribution in [2.75, 3.05) is 13.1 Å². The van der Waals surface area contributed by atoms with Gasteiger partial charge in [0.05, 0.1) is 6.10 Å². The van der Waals surface area contributed by atoms with Gasteiger partial charge < -0.3 is 9.84 Å². The second-order valence-electron chi connectivity index (χ2n) is 8.14. The van der Waals surface area contributed by atoms with E-state index in [1.54, 1.807) is 0 Å². The molecule has 5 heteroatoms. The van der Waals surface area contributed by atoms with Crippen LogP contribution >= 0.6 is 0 Å². The van der Waals surface area contributed by atoms with Gasteiger partial charge in [-0.25, -0.2) is 0 Å². The predicted octanol–water partition coefficient (Wildman–Crippen LogP) is 1.38. The van der Waals surface area contributed by atoms with Crippen LogP contribution in [0.15, 0.2) is 0 Å². The molecule has 2 heterocycles. The molecule has 7 atom stereocenters. The van der Waals surface area contributed by atoms with Crippen molar-refractivity contribution in [2.45, 2.75) is 63.7 Å². The number of piperidine rings is 2. The number of ketones is 1. The number of aliphatic hydroxyl groups excluding tert-OH is 1. The van der Waals surface area contributed by atoms with Crippen LogP contribution in [0.3, 0.4) is 0 Å². The van der Waals surface area contributed by atoms with E-state index in [-0.39, 0.29) is 47.4 Å². The molecule has 0 radical (unpaired) electrons. The van der Waals surface area contributed by atoms with Gasteiger partial charge in [-0.1, -0.05) is 6.92 Å². The molecular formula is C18H27NO4. The van der Waals surface area contributed by atoms with Gasteiger partial charge in [-0.3, -0.25) is 14.5 Å². The van der Waals surface area contributed by atoms with E-state index in [9.17, 15) is 14.7 Å². The molecule has 128 valence electrons. The Bertz CT molecular complexity index is 535. The molecule has 4 fully saturated rings. The second-order valence-corrected chi connectivity index (χ2v) is 8.14. The van der Waals surface area contributed by atoms with Gasteiger partial charge in [-0.05, 0) is 38.1 Å². The Kier molecular flexibility index (Phi) is 3.58. The summed E-state index contributed by atoms with van der Waals surface area (Å²) in [6, 6.07) is 0. The van der Waals surface area contributed by atoms with Gasteiger partial charge in [0.1, 0.15) is 11.9 Å². The Morgan fingerprint density at radius 1 is 1.35 bits per heavy atom. The summed E-state index contributed by atoms with van der Waals surface area (Å²) in [7, 11) is 0. The highest BCUT2D eigenvalue weighted by Gasteiger charge is 2.67. The van der Waals surface area contributed by atoms with Gasteiger partial charge in [0.25, 0.3) is 0 Å². The van der Waals surface area contributed by atoms with Crippen LogP contribution in [-0.4, -0.2) is 52.6 Å². The van der Waals surface area contributed by atoms with Crippen molar-refractivity contribution < 1.29 is 19.4 Å². The molecule has 1 spiro atoms. The Hall–Kier alpha value is -0.940. The Morgan fingerprint density at radius 2 is 2.13 bits per heavy atom. The van der Waals surface area contributed by atoms with E-state index < -0.39 is 0 Å². The first-order valence-corrected chi connectivity index (χ1v) is 9.08. The van der Waals surface area contributed by atoms with Crippen LogP contribution in [0.25, 0.3) is 0 Å². The highest BCUT2D eigenvalue weighted by molar-refractivity contribution is 5.84. The number of rotatable bonds is 1. The van der Waals surface area contributed by atoms with E-state index >= 15 is 0 Å². The van der Waals surface area contributed by atoms with Crippen molar-refractivity contribution in [1.29, 1.82) is 0 Å². The van der Waals surface area contributed by atoms with Crippen LogP contribution in [0.5, 0.6) is 0 Å². The molecule has 23 heavy (non-hydrogen) atoms. The summed E-state index contributed by atoms with van der Waals surface area (Å²) in [6.07, 6.45) is 3.51. The molecule has 2 bridgehead atoms. The lowest BCUT2D eigenvalue weighted by atomic mass is 9.47. The van der Waals surface area contributed by atoms with Gasteiger partial charge in [-0.15, -0.1) is 0 Å². The zero-order valence-corrected chi connectivity index (χ0v) is 14.0. The van der Waals surface area contributed by atoms with E-state index in [0.717, 1.165) is 38.8 Å². The van der Waals surface area contributed by atoms with Crippen molar-refractivity contribution in [3.63, 3.8) is 0 Å². The number of carbonyl (C=O) groups excluding carboxylic acids is 2. The summed E-state index contributed by atoms with van der Waals surface area (Å²) in [4.78, 5) is 26.9. The lowest BCUT2D eigenvalue weighted by Crippen LogP contribution is -2.76. The fraction of sp³-hybridized carbons (Fsp3) is 0.889. The first kappa shape index (κ1) is 15.6. The van der Waals surface area contributed by atoms with Gasteiger partial charge >= 0.3 is 5.97 Å². The van der Waals surface area contributed by atoms with Gasteiger partial charge in [-0.2, -0.15) is 0 Å². The van der Waals surface area contributed by atoms with Gasteiger partial charge in [0.15, 0.2) is 0 Å². The minimum atomic E-state index is -0.379. The third-order valence-corrected chi connectivity index (χ3v) is 7.02. The van der Waals surface area contributed by atoms with Crippen molar-refractivity contribution in [1.82, 2.24) is 4.90 Å². The van der Waals surface area contributed by atoms with E-state index in [4.69, 9.17) is 4.74 Å². The van der Waals surface area contributed by atoms with E-state index in [0.29, 0.717) is 12.2 Å². The topological polar surface area (TPSA) is 66.8 Å². The summed E-state index contributed by atoms with van der Waals surface area (Å²) in [5, 5.41) is 10.8. The van der Waals surface area contributed by atoms with Crippen molar-refractivity contribution in [3.05, 3.63) is 0 Å². The lowest BCUT2D eigenvalue weighted by Gasteiger charge is -2.67. The Labute approximate surface area is 137 Å². The van der Waals surface area contributed by atoms with Crippen LogP contribution in [0, 0.1) is 23.7 Å². The van der Waals surface area contributed by atoms with Crippen molar-refractivity contribution in [3.8, 4) is 0 Å². The fourth-order valence-electron chi connectivity index (χ4n) is 6.50. The molecule has 7 unspecified atom stereocenters. The summed E-state index contributed by atoms with van der Waals surface area (Å²) in [5.41, 5.74) is -0.189. The average Bonchev–Trinajstić information content (AvgIpc) is 2.48. The van der Waals surface area contributed by atoms with E-state index in [2.05, 4.69) is 11.8 Å². The first-order valence-electron chi connectivity index (χ1n) is 9.08. The SMILES string of the molecule is CC(=O)OC1C(C)CC23C4CCCN2CCC(O)C3C1CC4=O. The number of aliphatic hydroxyl groups is 1. The molecule has 2 saturated carbocycles. The van der Waals surface area contributed by atoms with E-state index in [1.807, 2.05) is 0 Å². The van der Waals surface area contributed by atoms with Crippen molar-refractivity contribution in [2.24, 2.45) is 23.7 Å². The summed E-state index contributed by atoms with van der Waals surface area (Å²) in [5.74, 6) is 0.393. The van der Waals surface area contributed by atoms with Crippen LogP contribution in [-0.2, 0) is 14.3 Å². The standard InChI is InChI=1S/C18H27NO4/c1-10-9-18-13-4-3-6-19(18)7-5-14(21)16(18)12(8-15(13)22)17(10)23-11(2)20/h10,12-14,16-17,21H,3-9H2,1-2H3. The maximum absolute atomic E-state index is 12.9. The summed E-state index contributed by atoms with van der Waals surface area (Å²) in [6.45, 7) is 5.50. The van der Waals surface area contributed by atoms with Crippen LogP contribution in [0.1, 0.15) is 46.0 Å². The number of hydrogen-bond acceptors (Lipinski definition) is 5. The zero-order chi connectivity index (χ0) is 16.4. The molecular weight excluding hydrogens is 294 g/mol. The highest BCUT2D eigenvalue weighted by Crippen LogP contribution is 2.59. The van der Waals surface area contributed by atoms with E-state index in [1.165, 1.54) is 6.92 Å². The number of nitrogens with zero attached hydrogens (tertiary/aromatic N) is 1. The van der Waals surface area contributed by atoms with Crippen molar-refractivity contribution >= 4 is 11.8 Å². The molecule has 0 amide bonds. The third-order valence-electron chi connectivity index (χ3n) is 7.02. The number of hydrogen-bond donors (Lipinski definition) is 1. The molecule has 0 aromatic heterocycles. The maximum Gasteiger partial charge on any atom is 0.302 e. The van der Waals surface area contributed by atoms with Gasteiger partial charge in [0.2, 0.25) is 0 Å². The quantitative estimate of drug-likeness (QED) is 0.739. The molecule has 2 aliphatic heterocycles. The Morgan fingerprint density at radius 3 is 2.87 bits per heavy atom. The molecule has 2 aliphatic carbocycles. The molecule has 5 nitrogen and oxygen atoms in total. The average molecular weight is 321 g/mol. The monoisotopic (exact) mass is 321 g/mol. The maximum atomic E-state index is 12.9. The molecule has 0 aromatic carbocycles. The number of ether oxygens (including phenoxy) is 1. The largest absolute Gasteiger partial charge is 0.462 e. The van der Waals surface area contributed by atoms with Gasteiger partial charge in [0, 0.05) is 43.2 Å². The first-order chi connectivity index (χ1) is 10.9. The second kappa shape index (κ2) is 5.28. The summed E-state index contributed by atoms with van der Waals surface area (Å²) < 4.78 is 5.63. The van der Waals surface area contributed by atoms with Crippen LogP contribution in [0.2, 0.25) is 0 Å². The smallest absolute Gasteiger partial charge is 0.302 e. The molecule has 4 rings (SSSR count). The minimum absolute atomic E-state index is 0.0256. The number of esters is 1. The van der Waals surface area contributed by atoms with Crippen LogP contribution < -0.4 is 0 Å². The molecule has 2 saturated heterocycles. The minimum Gasteiger partial charge on any atom is -0.462 e.